The first-order chi connectivity index (χ1) is 9.79. The van der Waals surface area contributed by atoms with Crippen LogP contribution in [0.15, 0.2) is 47.4 Å². The maximum atomic E-state index is 12.1. The van der Waals surface area contributed by atoms with Crippen molar-refractivity contribution in [3.05, 3.63) is 63.2 Å². The molecule has 0 aliphatic rings. The molecule has 0 aromatic heterocycles. The Morgan fingerprint density at radius 2 is 1.90 bits per heavy atom. The van der Waals surface area contributed by atoms with Crippen LogP contribution in [0.1, 0.15) is 5.56 Å². The van der Waals surface area contributed by atoms with Crippen molar-refractivity contribution in [3.8, 4) is 5.75 Å². The third-order valence-electron chi connectivity index (χ3n) is 2.60. The average molecular weight is 328 g/mol. The fourth-order valence-corrected chi connectivity index (χ4v) is 2.87. The van der Waals surface area contributed by atoms with E-state index < -0.39 is 20.7 Å². The quantitative estimate of drug-likeness (QED) is 0.488. The highest BCUT2D eigenvalue weighted by molar-refractivity contribution is 7.87. The Morgan fingerprint density at radius 1 is 1.19 bits per heavy atom. The van der Waals surface area contributed by atoms with Crippen molar-refractivity contribution in [3.63, 3.8) is 0 Å². The molecule has 21 heavy (non-hydrogen) atoms. The first kappa shape index (κ1) is 15.3. The van der Waals surface area contributed by atoms with Crippen LogP contribution in [-0.4, -0.2) is 13.3 Å². The Labute approximate surface area is 126 Å². The predicted molar refractivity (Wildman–Crippen MR) is 77.1 cm³/mol. The van der Waals surface area contributed by atoms with E-state index in [0.29, 0.717) is 5.56 Å². The van der Waals surface area contributed by atoms with Gasteiger partial charge in [0.1, 0.15) is 4.90 Å². The van der Waals surface area contributed by atoms with Gasteiger partial charge in [-0.3, -0.25) is 10.1 Å². The summed E-state index contributed by atoms with van der Waals surface area (Å²) in [7, 11) is -4.19. The zero-order valence-corrected chi connectivity index (χ0v) is 12.4. The summed E-state index contributed by atoms with van der Waals surface area (Å²) >= 11 is 5.73. The number of rotatable bonds is 4. The molecule has 0 saturated carbocycles. The molecule has 0 bridgehead atoms. The number of benzene rings is 2. The van der Waals surface area contributed by atoms with E-state index in [9.17, 15) is 18.5 Å². The van der Waals surface area contributed by atoms with Crippen LogP contribution in [0.2, 0.25) is 5.02 Å². The van der Waals surface area contributed by atoms with Gasteiger partial charge in [0.2, 0.25) is 5.75 Å². The second-order valence-electron chi connectivity index (χ2n) is 4.22. The maximum absolute atomic E-state index is 12.1. The minimum atomic E-state index is -4.19. The van der Waals surface area contributed by atoms with Crippen LogP contribution in [0.25, 0.3) is 0 Å². The molecule has 0 heterocycles. The molecule has 2 rings (SSSR count). The van der Waals surface area contributed by atoms with Gasteiger partial charge in [0.05, 0.1) is 4.92 Å². The molecular formula is C13H10ClNO5S. The molecule has 0 radical (unpaired) electrons. The van der Waals surface area contributed by atoms with E-state index in [-0.39, 0.29) is 15.7 Å². The lowest BCUT2D eigenvalue weighted by atomic mass is 10.2. The van der Waals surface area contributed by atoms with Crippen LogP contribution in [0, 0.1) is 17.0 Å². The smallest absolute Gasteiger partial charge is 0.339 e. The van der Waals surface area contributed by atoms with Gasteiger partial charge in [0.25, 0.3) is 0 Å². The number of aryl methyl sites for hydroxylation is 1. The second kappa shape index (κ2) is 5.71. The second-order valence-corrected chi connectivity index (χ2v) is 6.21. The van der Waals surface area contributed by atoms with Crippen LogP contribution < -0.4 is 4.18 Å². The van der Waals surface area contributed by atoms with E-state index >= 15 is 0 Å². The number of nitro groups is 1. The lowest BCUT2D eigenvalue weighted by Crippen LogP contribution is -2.11. The van der Waals surface area contributed by atoms with Crippen LogP contribution in [0.4, 0.5) is 5.69 Å². The third kappa shape index (κ3) is 3.50. The first-order valence-electron chi connectivity index (χ1n) is 5.75. The summed E-state index contributed by atoms with van der Waals surface area (Å²) in [5.74, 6) is -0.342. The van der Waals surface area contributed by atoms with Crippen molar-refractivity contribution in [1.82, 2.24) is 0 Å². The highest BCUT2D eigenvalue weighted by atomic mass is 35.5. The SMILES string of the molecule is Cc1ccc(OS(=O)(=O)c2cccc(Cl)c2)c([N+](=O)[O-])c1. The Morgan fingerprint density at radius 3 is 2.52 bits per heavy atom. The van der Waals surface area contributed by atoms with Crippen molar-refractivity contribution >= 4 is 27.4 Å². The van der Waals surface area contributed by atoms with E-state index in [1.165, 1.54) is 42.5 Å². The third-order valence-corrected chi connectivity index (χ3v) is 4.06. The predicted octanol–water partition coefficient (Wildman–Crippen LogP) is 3.32. The number of halogens is 1. The molecule has 6 nitrogen and oxygen atoms in total. The van der Waals surface area contributed by atoms with Gasteiger partial charge in [-0.05, 0) is 36.8 Å². The molecular weight excluding hydrogens is 318 g/mol. The van der Waals surface area contributed by atoms with Crippen molar-refractivity contribution < 1.29 is 17.5 Å². The van der Waals surface area contributed by atoms with Crippen molar-refractivity contribution in [2.24, 2.45) is 0 Å². The molecule has 2 aromatic rings. The van der Waals surface area contributed by atoms with E-state index in [1.54, 1.807) is 6.92 Å². The van der Waals surface area contributed by atoms with E-state index in [4.69, 9.17) is 15.8 Å². The van der Waals surface area contributed by atoms with E-state index in [1.807, 2.05) is 0 Å². The van der Waals surface area contributed by atoms with Crippen LogP contribution in [0.5, 0.6) is 5.75 Å². The highest BCUT2D eigenvalue weighted by Gasteiger charge is 2.23. The fraction of sp³-hybridized carbons (Fsp3) is 0.0769. The van der Waals surface area contributed by atoms with Gasteiger partial charge in [-0.1, -0.05) is 23.7 Å². The molecule has 0 saturated heterocycles. The van der Waals surface area contributed by atoms with Gasteiger partial charge in [0, 0.05) is 11.1 Å². The summed E-state index contributed by atoms with van der Waals surface area (Å²) in [5.41, 5.74) is 0.204. The van der Waals surface area contributed by atoms with Crippen LogP contribution in [-0.2, 0) is 10.1 Å². The topological polar surface area (TPSA) is 86.5 Å². The average Bonchev–Trinajstić information content (AvgIpc) is 2.40. The molecule has 8 heteroatoms. The fourth-order valence-electron chi connectivity index (χ4n) is 1.63. The molecule has 0 aliphatic heterocycles. The summed E-state index contributed by atoms with van der Waals surface area (Å²) in [5, 5.41) is 11.2. The lowest BCUT2D eigenvalue weighted by molar-refractivity contribution is -0.385. The van der Waals surface area contributed by atoms with Gasteiger partial charge in [-0.2, -0.15) is 8.42 Å². The number of hydrogen-bond donors (Lipinski definition) is 0. The zero-order chi connectivity index (χ0) is 15.6. The molecule has 0 N–H and O–H groups in total. The largest absolute Gasteiger partial charge is 0.372 e. The molecule has 0 amide bonds. The Kier molecular flexibility index (Phi) is 4.15. The summed E-state index contributed by atoms with van der Waals surface area (Å²) in [4.78, 5) is 10.1. The van der Waals surface area contributed by atoms with E-state index in [0.717, 1.165) is 0 Å². The highest BCUT2D eigenvalue weighted by Crippen LogP contribution is 2.30. The summed E-state index contributed by atoms with van der Waals surface area (Å²) in [6.07, 6.45) is 0. The van der Waals surface area contributed by atoms with Gasteiger partial charge in [0.15, 0.2) is 0 Å². The molecule has 2 aromatic carbocycles. The molecule has 0 unspecified atom stereocenters. The van der Waals surface area contributed by atoms with Gasteiger partial charge in [-0.25, -0.2) is 0 Å². The summed E-state index contributed by atoms with van der Waals surface area (Å²) in [6, 6.07) is 9.46. The monoisotopic (exact) mass is 327 g/mol. The summed E-state index contributed by atoms with van der Waals surface area (Å²) in [6.45, 7) is 1.66. The Hall–Kier alpha value is -2.12. The van der Waals surface area contributed by atoms with Gasteiger partial charge in [-0.15, -0.1) is 0 Å². The zero-order valence-electron chi connectivity index (χ0n) is 10.8. The lowest BCUT2D eigenvalue weighted by Gasteiger charge is -2.08. The summed E-state index contributed by atoms with van der Waals surface area (Å²) < 4.78 is 29.1. The Balaban J connectivity index is 2.44. The van der Waals surface area contributed by atoms with Crippen LogP contribution >= 0.6 is 11.6 Å². The Bertz CT molecular complexity index is 804. The van der Waals surface area contributed by atoms with Crippen molar-refractivity contribution in [2.75, 3.05) is 0 Å². The molecule has 0 atom stereocenters. The van der Waals surface area contributed by atoms with E-state index in [2.05, 4.69) is 0 Å². The first-order valence-corrected chi connectivity index (χ1v) is 7.53. The van der Waals surface area contributed by atoms with Crippen molar-refractivity contribution in [1.29, 1.82) is 0 Å². The minimum Gasteiger partial charge on any atom is -0.372 e. The van der Waals surface area contributed by atoms with Gasteiger partial charge >= 0.3 is 15.8 Å². The number of nitro benzene ring substituents is 1. The molecule has 110 valence electrons. The minimum absolute atomic E-state index is 0.176. The molecule has 0 fully saturated rings. The van der Waals surface area contributed by atoms with Crippen LogP contribution in [0.3, 0.4) is 0 Å². The molecule has 0 aliphatic carbocycles. The molecule has 0 spiro atoms. The maximum Gasteiger partial charge on any atom is 0.339 e. The number of hydrogen-bond acceptors (Lipinski definition) is 5. The van der Waals surface area contributed by atoms with Crippen molar-refractivity contribution in [2.45, 2.75) is 11.8 Å². The standard InChI is InChI=1S/C13H10ClNO5S/c1-9-5-6-13(12(7-9)15(16)17)20-21(18,19)11-4-2-3-10(14)8-11/h2-8H,1H3. The van der Waals surface area contributed by atoms with Gasteiger partial charge < -0.3 is 4.18 Å². The number of nitrogens with zero attached hydrogens (tertiary/aromatic N) is 1. The normalized spacial score (nSPS) is 11.1.